The molecule has 0 saturated carbocycles. The van der Waals surface area contributed by atoms with Crippen LogP contribution >= 0.6 is 22.7 Å². The van der Waals surface area contributed by atoms with Crippen LogP contribution in [0.4, 0.5) is 5.00 Å². The van der Waals surface area contributed by atoms with Crippen molar-refractivity contribution < 1.29 is 14.3 Å². The van der Waals surface area contributed by atoms with Crippen molar-refractivity contribution >= 4 is 39.6 Å². The van der Waals surface area contributed by atoms with Crippen molar-refractivity contribution in [2.45, 2.75) is 40.0 Å². The van der Waals surface area contributed by atoms with Crippen molar-refractivity contribution in [3.63, 3.8) is 0 Å². The highest BCUT2D eigenvalue weighted by Gasteiger charge is 2.30. The van der Waals surface area contributed by atoms with Gasteiger partial charge in [0.2, 0.25) is 0 Å². The summed E-state index contributed by atoms with van der Waals surface area (Å²) < 4.78 is 5.17. The maximum Gasteiger partial charge on any atom is 0.348 e. The molecule has 1 atom stereocenters. The van der Waals surface area contributed by atoms with E-state index in [-0.39, 0.29) is 12.0 Å². The lowest BCUT2D eigenvalue weighted by Crippen LogP contribution is -2.26. The van der Waals surface area contributed by atoms with E-state index in [2.05, 4.69) is 26.1 Å². The second-order valence-corrected chi connectivity index (χ2v) is 9.82. The van der Waals surface area contributed by atoms with Crippen LogP contribution in [0.3, 0.4) is 0 Å². The zero-order valence-electron chi connectivity index (χ0n) is 15.6. The number of carbonyl (C=O) groups excluding carboxylic acids is 2. The Labute approximate surface area is 167 Å². The van der Waals surface area contributed by atoms with Gasteiger partial charge in [0.05, 0.1) is 5.56 Å². The molecule has 0 aromatic carbocycles. The first-order valence-corrected chi connectivity index (χ1v) is 10.5. The van der Waals surface area contributed by atoms with Gasteiger partial charge in [-0.05, 0) is 53.7 Å². The van der Waals surface area contributed by atoms with Gasteiger partial charge in [0.25, 0.3) is 5.91 Å². The lowest BCUT2D eigenvalue weighted by Gasteiger charge is -2.33. The van der Waals surface area contributed by atoms with Gasteiger partial charge in [0.15, 0.2) is 6.61 Å². The Morgan fingerprint density at radius 3 is 2.89 bits per heavy atom. The Hall–Kier alpha value is -2.17. The Morgan fingerprint density at radius 2 is 2.19 bits per heavy atom. The number of carbonyl (C=O) groups is 2. The zero-order valence-corrected chi connectivity index (χ0v) is 17.3. The monoisotopic (exact) mass is 402 g/mol. The summed E-state index contributed by atoms with van der Waals surface area (Å²) in [6.07, 6.45) is 3.11. The normalized spacial score (nSPS) is 16.3. The molecular weight excluding hydrogens is 380 g/mol. The van der Waals surface area contributed by atoms with Gasteiger partial charge >= 0.3 is 5.97 Å². The van der Waals surface area contributed by atoms with E-state index in [1.165, 1.54) is 33.1 Å². The molecule has 0 aliphatic heterocycles. The molecule has 1 aliphatic carbocycles. The lowest BCUT2D eigenvalue weighted by molar-refractivity contribution is -0.119. The Bertz CT molecular complexity index is 899. The molecule has 0 radical (unpaired) electrons. The summed E-state index contributed by atoms with van der Waals surface area (Å²) in [6, 6.07) is 5.56. The van der Waals surface area contributed by atoms with Gasteiger partial charge in [-0.1, -0.05) is 20.8 Å². The molecular formula is C20H22N2O3S2. The van der Waals surface area contributed by atoms with E-state index < -0.39 is 11.9 Å². The fourth-order valence-electron chi connectivity index (χ4n) is 3.22. The molecule has 5 nitrogen and oxygen atoms in total. The summed E-state index contributed by atoms with van der Waals surface area (Å²) in [5.74, 6) is -0.311. The molecule has 0 unspecified atom stereocenters. The van der Waals surface area contributed by atoms with Crippen LogP contribution in [0.5, 0.6) is 0 Å². The summed E-state index contributed by atoms with van der Waals surface area (Å²) in [5, 5.41) is 13.8. The van der Waals surface area contributed by atoms with Gasteiger partial charge in [0.1, 0.15) is 15.9 Å². The number of amides is 1. The van der Waals surface area contributed by atoms with Crippen molar-refractivity contribution in [3.8, 4) is 6.07 Å². The van der Waals surface area contributed by atoms with Crippen molar-refractivity contribution in [3.05, 3.63) is 38.4 Å². The van der Waals surface area contributed by atoms with Crippen molar-refractivity contribution in [2.24, 2.45) is 11.3 Å². The molecule has 27 heavy (non-hydrogen) atoms. The van der Waals surface area contributed by atoms with Crippen molar-refractivity contribution in [1.29, 1.82) is 5.26 Å². The number of aryl methyl sites for hydroxylation is 1. The molecule has 142 valence electrons. The quantitative estimate of drug-likeness (QED) is 0.756. The van der Waals surface area contributed by atoms with Crippen LogP contribution < -0.4 is 5.32 Å². The van der Waals surface area contributed by atoms with Crippen LogP contribution in [0, 0.1) is 22.7 Å². The van der Waals surface area contributed by atoms with Gasteiger partial charge in [-0.25, -0.2) is 4.79 Å². The highest BCUT2D eigenvalue weighted by molar-refractivity contribution is 7.14. The molecule has 1 aliphatic rings. The summed E-state index contributed by atoms with van der Waals surface area (Å²) in [4.78, 5) is 26.1. The van der Waals surface area contributed by atoms with E-state index in [9.17, 15) is 9.59 Å². The average molecular weight is 403 g/mol. The number of nitriles is 1. The molecule has 1 amide bonds. The second kappa shape index (κ2) is 7.83. The highest BCUT2D eigenvalue weighted by Crippen LogP contribution is 2.40. The third-order valence-corrected chi connectivity index (χ3v) is 6.93. The maximum atomic E-state index is 12.3. The third-order valence-electron chi connectivity index (χ3n) is 4.88. The van der Waals surface area contributed by atoms with Gasteiger partial charge in [-0.15, -0.1) is 22.7 Å². The molecule has 0 fully saturated rings. The van der Waals surface area contributed by atoms with Crippen LogP contribution in [0.15, 0.2) is 17.5 Å². The van der Waals surface area contributed by atoms with E-state index in [0.29, 0.717) is 21.4 Å². The predicted octanol–water partition coefficient (Wildman–Crippen LogP) is 4.63. The summed E-state index contributed by atoms with van der Waals surface area (Å²) >= 11 is 2.73. The molecule has 7 heteroatoms. The largest absolute Gasteiger partial charge is 0.451 e. The van der Waals surface area contributed by atoms with Gasteiger partial charge in [-0.2, -0.15) is 5.26 Å². The van der Waals surface area contributed by atoms with Crippen LogP contribution in [-0.2, 0) is 22.4 Å². The molecule has 2 heterocycles. The van der Waals surface area contributed by atoms with E-state index in [4.69, 9.17) is 10.00 Å². The predicted molar refractivity (Wildman–Crippen MR) is 107 cm³/mol. The van der Waals surface area contributed by atoms with E-state index in [1.54, 1.807) is 11.4 Å². The van der Waals surface area contributed by atoms with E-state index >= 15 is 0 Å². The second-order valence-electron chi connectivity index (χ2n) is 7.76. The fraction of sp³-hybridized carbons (Fsp3) is 0.450. The molecule has 0 saturated heterocycles. The van der Waals surface area contributed by atoms with Gasteiger partial charge < -0.3 is 10.1 Å². The number of hydrogen-bond donors (Lipinski definition) is 1. The number of nitrogens with one attached hydrogen (secondary N) is 1. The van der Waals surface area contributed by atoms with Crippen LogP contribution in [0.25, 0.3) is 0 Å². The number of rotatable bonds is 4. The SMILES string of the molecule is CC(C)(C)[C@@H]1CCc2sc(C(=O)OCC(=O)Nc3sccc3C#N)cc2C1. The highest BCUT2D eigenvalue weighted by atomic mass is 32.1. The summed E-state index contributed by atoms with van der Waals surface area (Å²) in [6.45, 7) is 6.41. The summed E-state index contributed by atoms with van der Waals surface area (Å²) in [5.41, 5.74) is 1.89. The first-order chi connectivity index (χ1) is 12.8. The smallest absolute Gasteiger partial charge is 0.348 e. The van der Waals surface area contributed by atoms with E-state index in [1.807, 2.05) is 12.1 Å². The van der Waals surface area contributed by atoms with Crippen molar-refractivity contribution in [1.82, 2.24) is 0 Å². The lowest BCUT2D eigenvalue weighted by atomic mass is 9.72. The maximum absolute atomic E-state index is 12.3. The van der Waals surface area contributed by atoms with E-state index in [0.717, 1.165) is 19.3 Å². The standard InChI is InChI=1S/C20H22N2O3S2/c1-20(2,3)14-4-5-15-13(8-14)9-16(27-15)19(24)25-11-17(23)22-18-12(10-21)6-7-26-18/h6-7,9,14H,4-5,8,11H2,1-3H3,(H,22,23)/t14-/m1/s1. The van der Waals surface area contributed by atoms with Gasteiger partial charge in [-0.3, -0.25) is 4.79 Å². The van der Waals surface area contributed by atoms with Crippen LogP contribution in [0.1, 0.15) is 52.9 Å². The number of esters is 1. The third kappa shape index (κ3) is 4.57. The first kappa shape index (κ1) is 19.6. The van der Waals surface area contributed by atoms with Crippen molar-refractivity contribution in [2.75, 3.05) is 11.9 Å². The molecule has 2 aromatic heterocycles. The number of nitrogens with zero attached hydrogens (tertiary/aromatic N) is 1. The molecule has 0 bridgehead atoms. The summed E-state index contributed by atoms with van der Waals surface area (Å²) in [7, 11) is 0. The Balaban J connectivity index is 1.57. The first-order valence-electron chi connectivity index (χ1n) is 8.84. The number of anilines is 1. The topological polar surface area (TPSA) is 79.2 Å². The molecule has 1 N–H and O–H groups in total. The number of thiophene rings is 2. The Morgan fingerprint density at radius 1 is 1.41 bits per heavy atom. The van der Waals surface area contributed by atoms with Crippen LogP contribution in [0.2, 0.25) is 0 Å². The number of hydrogen-bond acceptors (Lipinski definition) is 6. The molecule has 3 rings (SSSR count). The molecule has 0 spiro atoms. The van der Waals surface area contributed by atoms with Crippen LogP contribution in [-0.4, -0.2) is 18.5 Å². The average Bonchev–Trinajstić information content (AvgIpc) is 3.24. The Kier molecular flexibility index (Phi) is 5.68. The number of ether oxygens (including phenoxy) is 1. The number of fused-ring (bicyclic) bond motifs is 1. The van der Waals surface area contributed by atoms with Gasteiger partial charge in [0, 0.05) is 4.88 Å². The zero-order chi connectivity index (χ0) is 19.6. The minimum Gasteiger partial charge on any atom is -0.451 e. The molecule has 2 aromatic rings. The minimum absolute atomic E-state index is 0.252. The fourth-order valence-corrected chi connectivity index (χ4v) is 5.08. The minimum atomic E-state index is -0.469.